The van der Waals surface area contributed by atoms with E-state index in [1.165, 1.54) is 5.56 Å². The minimum atomic E-state index is 0.576. The summed E-state index contributed by atoms with van der Waals surface area (Å²) >= 11 is 1.74. The number of methoxy groups -OCH3 is 2. The lowest BCUT2D eigenvalue weighted by Gasteiger charge is -2.18. The minimum absolute atomic E-state index is 0.576. The fourth-order valence-electron chi connectivity index (χ4n) is 3.09. The molecule has 1 aromatic heterocycles. The molecule has 0 N–H and O–H groups in total. The average Bonchev–Trinajstić information content (AvgIpc) is 3.15. The molecule has 0 aliphatic heterocycles. The molecule has 160 valence electrons. The molecule has 0 saturated carbocycles. The number of rotatable bonds is 10. The summed E-state index contributed by atoms with van der Waals surface area (Å²) < 4.78 is 12.8. The van der Waals surface area contributed by atoms with Crippen LogP contribution >= 0.6 is 11.8 Å². The Morgan fingerprint density at radius 2 is 1.70 bits per heavy atom. The molecule has 0 fully saturated rings. The van der Waals surface area contributed by atoms with Crippen LogP contribution in [-0.2, 0) is 13.1 Å². The topological polar surface area (TPSA) is 52.4 Å². The highest BCUT2D eigenvalue weighted by Gasteiger charge is 2.17. The highest BCUT2D eigenvalue weighted by Crippen LogP contribution is 2.26. The van der Waals surface area contributed by atoms with Crippen molar-refractivity contribution in [3.63, 3.8) is 0 Å². The number of thioether (sulfide) groups is 1. The summed E-state index contributed by atoms with van der Waals surface area (Å²) in [6.07, 6.45) is 0. The van der Waals surface area contributed by atoms with Crippen molar-refractivity contribution in [3.05, 3.63) is 59.9 Å². The van der Waals surface area contributed by atoms with Gasteiger partial charge in [0.05, 0.1) is 26.5 Å². The van der Waals surface area contributed by atoms with Crippen molar-refractivity contribution < 1.29 is 9.47 Å². The highest BCUT2D eigenvalue weighted by molar-refractivity contribution is 7.99. The second-order valence-electron chi connectivity index (χ2n) is 7.66. The third-order valence-corrected chi connectivity index (χ3v) is 5.94. The fourth-order valence-corrected chi connectivity index (χ4v) is 4.01. The number of hydrogen-bond acceptors (Lipinski definition) is 6. The van der Waals surface area contributed by atoms with Gasteiger partial charge in [0, 0.05) is 18.4 Å². The number of nitrogens with zero attached hydrogens (tertiary/aromatic N) is 4. The molecule has 3 rings (SSSR count). The van der Waals surface area contributed by atoms with Gasteiger partial charge in [0.1, 0.15) is 11.5 Å². The fraction of sp³-hybridized carbons (Fsp3) is 0.391. The van der Waals surface area contributed by atoms with Crippen LogP contribution in [0.4, 0.5) is 0 Å². The predicted octanol–water partition coefficient (Wildman–Crippen LogP) is 4.66. The van der Waals surface area contributed by atoms with Gasteiger partial charge in [-0.15, -0.1) is 10.2 Å². The summed E-state index contributed by atoms with van der Waals surface area (Å²) in [5, 5.41) is 9.93. The summed E-state index contributed by atoms with van der Waals surface area (Å²) in [5.41, 5.74) is 2.23. The lowest BCUT2D eigenvalue weighted by atomic mass is 10.2. The average molecular weight is 427 g/mol. The third-order valence-electron chi connectivity index (χ3n) is 4.58. The van der Waals surface area contributed by atoms with Gasteiger partial charge in [0.15, 0.2) is 11.0 Å². The number of ether oxygens (including phenoxy) is 2. The van der Waals surface area contributed by atoms with Crippen LogP contribution in [0.3, 0.4) is 0 Å². The van der Waals surface area contributed by atoms with E-state index in [2.05, 4.69) is 58.8 Å². The van der Waals surface area contributed by atoms with E-state index in [0.29, 0.717) is 12.5 Å². The Bertz CT molecular complexity index is 941. The van der Waals surface area contributed by atoms with Crippen LogP contribution in [0.15, 0.2) is 53.7 Å². The minimum Gasteiger partial charge on any atom is -0.497 e. The molecule has 0 amide bonds. The van der Waals surface area contributed by atoms with Gasteiger partial charge in [-0.2, -0.15) is 0 Å². The van der Waals surface area contributed by atoms with Gasteiger partial charge in [0.25, 0.3) is 0 Å². The first-order valence-electron chi connectivity index (χ1n) is 10.0. The van der Waals surface area contributed by atoms with Gasteiger partial charge in [0.2, 0.25) is 0 Å². The Labute approximate surface area is 183 Å². The van der Waals surface area contributed by atoms with Crippen molar-refractivity contribution in [3.8, 4) is 17.2 Å². The van der Waals surface area contributed by atoms with Crippen molar-refractivity contribution in [2.24, 2.45) is 5.92 Å². The molecule has 0 saturated heterocycles. The standard InChI is InChI=1S/C23H30N4O2S/c1-17(2)16-30-23-25-24-22(27(23)19-7-6-8-21(13-19)29-5)15-26(3)14-18-9-11-20(28-4)12-10-18/h6-13,17H,14-16H2,1-5H3. The Morgan fingerprint density at radius 1 is 0.967 bits per heavy atom. The van der Waals surface area contributed by atoms with Gasteiger partial charge in [-0.3, -0.25) is 9.47 Å². The molecule has 1 heterocycles. The van der Waals surface area contributed by atoms with Crippen LogP contribution in [0.2, 0.25) is 0 Å². The first-order chi connectivity index (χ1) is 14.5. The molecule has 3 aromatic rings. The summed E-state index contributed by atoms with van der Waals surface area (Å²) in [6.45, 7) is 5.91. The highest BCUT2D eigenvalue weighted by atomic mass is 32.2. The van der Waals surface area contributed by atoms with Crippen LogP contribution < -0.4 is 9.47 Å². The Balaban J connectivity index is 1.83. The van der Waals surface area contributed by atoms with Gasteiger partial charge in [-0.25, -0.2) is 0 Å². The van der Waals surface area contributed by atoms with Crippen LogP contribution in [-0.4, -0.2) is 46.7 Å². The molecular weight excluding hydrogens is 396 g/mol. The predicted molar refractivity (Wildman–Crippen MR) is 122 cm³/mol. The van der Waals surface area contributed by atoms with E-state index in [1.54, 1.807) is 26.0 Å². The molecule has 0 spiro atoms. The zero-order valence-electron chi connectivity index (χ0n) is 18.3. The number of hydrogen-bond donors (Lipinski definition) is 0. The summed E-state index contributed by atoms with van der Waals surface area (Å²) in [6, 6.07) is 16.2. The Kier molecular flexibility index (Phi) is 7.76. The summed E-state index contributed by atoms with van der Waals surface area (Å²) in [5.74, 6) is 4.16. The van der Waals surface area contributed by atoms with E-state index in [4.69, 9.17) is 9.47 Å². The van der Waals surface area contributed by atoms with Gasteiger partial charge < -0.3 is 9.47 Å². The van der Waals surface area contributed by atoms with Gasteiger partial charge >= 0.3 is 0 Å². The van der Waals surface area contributed by atoms with Crippen LogP contribution in [0.1, 0.15) is 25.2 Å². The van der Waals surface area contributed by atoms with Crippen molar-refractivity contribution in [1.29, 1.82) is 0 Å². The van der Waals surface area contributed by atoms with Crippen LogP contribution in [0, 0.1) is 5.92 Å². The van der Waals surface area contributed by atoms with Crippen molar-refractivity contribution in [1.82, 2.24) is 19.7 Å². The lowest BCUT2D eigenvalue weighted by Crippen LogP contribution is -2.20. The smallest absolute Gasteiger partial charge is 0.195 e. The zero-order valence-corrected chi connectivity index (χ0v) is 19.1. The quantitative estimate of drug-likeness (QED) is 0.439. The molecule has 0 bridgehead atoms. The molecule has 0 atom stereocenters. The van der Waals surface area contributed by atoms with E-state index in [9.17, 15) is 0 Å². The maximum atomic E-state index is 5.43. The first-order valence-corrected chi connectivity index (χ1v) is 11.0. The van der Waals surface area contributed by atoms with E-state index in [-0.39, 0.29) is 0 Å². The molecule has 0 radical (unpaired) electrons. The van der Waals surface area contributed by atoms with Crippen molar-refractivity contribution >= 4 is 11.8 Å². The van der Waals surface area contributed by atoms with E-state index in [1.807, 2.05) is 30.3 Å². The van der Waals surface area contributed by atoms with Gasteiger partial charge in [-0.1, -0.05) is 43.8 Å². The maximum Gasteiger partial charge on any atom is 0.195 e. The second-order valence-corrected chi connectivity index (χ2v) is 8.65. The molecule has 2 aromatic carbocycles. The zero-order chi connectivity index (χ0) is 21.5. The molecule has 0 aliphatic carbocycles. The van der Waals surface area contributed by atoms with E-state index in [0.717, 1.165) is 40.5 Å². The largest absolute Gasteiger partial charge is 0.497 e. The molecule has 6 nitrogen and oxygen atoms in total. The maximum absolute atomic E-state index is 5.43. The van der Waals surface area contributed by atoms with Crippen molar-refractivity contribution in [2.45, 2.75) is 32.1 Å². The molecular formula is C23H30N4O2S. The second kappa shape index (κ2) is 10.5. The van der Waals surface area contributed by atoms with Crippen molar-refractivity contribution in [2.75, 3.05) is 27.0 Å². The Hall–Kier alpha value is -2.51. The monoisotopic (exact) mass is 426 g/mol. The number of benzene rings is 2. The van der Waals surface area contributed by atoms with E-state index >= 15 is 0 Å². The Morgan fingerprint density at radius 3 is 2.37 bits per heavy atom. The molecule has 0 unspecified atom stereocenters. The number of aromatic nitrogens is 3. The normalized spacial score (nSPS) is 11.3. The molecule has 0 aliphatic rings. The van der Waals surface area contributed by atoms with E-state index < -0.39 is 0 Å². The van der Waals surface area contributed by atoms with Crippen LogP contribution in [0.25, 0.3) is 5.69 Å². The van der Waals surface area contributed by atoms with Crippen LogP contribution in [0.5, 0.6) is 11.5 Å². The lowest BCUT2D eigenvalue weighted by molar-refractivity contribution is 0.307. The molecule has 30 heavy (non-hydrogen) atoms. The van der Waals surface area contributed by atoms with Gasteiger partial charge in [-0.05, 0) is 42.8 Å². The third kappa shape index (κ3) is 5.77. The first kappa shape index (κ1) is 22.2. The SMILES string of the molecule is COc1ccc(CN(C)Cc2nnc(SCC(C)C)n2-c2cccc(OC)c2)cc1. The summed E-state index contributed by atoms with van der Waals surface area (Å²) in [4.78, 5) is 2.24. The summed E-state index contributed by atoms with van der Waals surface area (Å²) in [7, 11) is 5.46. The molecule has 7 heteroatoms.